The van der Waals surface area contributed by atoms with Gasteiger partial charge in [-0.2, -0.15) is 4.99 Å². The summed E-state index contributed by atoms with van der Waals surface area (Å²) in [5.41, 5.74) is 11.1. The molecule has 0 spiro atoms. The lowest BCUT2D eigenvalue weighted by atomic mass is 9.92. The number of nitrogens with two attached hydrogens (primary N) is 1. The molecule has 0 atom stereocenters. The fourth-order valence-corrected chi connectivity index (χ4v) is 4.63. The number of hydrogen-bond donors (Lipinski definition) is 4. The Morgan fingerprint density at radius 3 is 2.54 bits per heavy atom. The van der Waals surface area contributed by atoms with Gasteiger partial charge in [0.2, 0.25) is 5.96 Å². The summed E-state index contributed by atoms with van der Waals surface area (Å²) in [4.78, 5) is 18.8. The molecule has 5 N–H and O–H groups in total. The summed E-state index contributed by atoms with van der Waals surface area (Å²) in [6.07, 6.45) is 4.05. The van der Waals surface area contributed by atoms with Crippen LogP contribution in [-0.4, -0.2) is 51.8 Å². The van der Waals surface area contributed by atoms with Crippen LogP contribution >= 0.6 is 0 Å². The Balaban J connectivity index is 1.66. The SMILES string of the molecule is CC(=O)Oc1ccccc1CNC1=C2C(=NNN2C(C)C)N(C(C)C)C(NC2CCC(N)CC2)=N1. The van der Waals surface area contributed by atoms with Crippen LogP contribution in [0.2, 0.25) is 0 Å². The summed E-state index contributed by atoms with van der Waals surface area (Å²) in [6.45, 7) is 10.3. The number of nitrogens with zero attached hydrogens (tertiary/aromatic N) is 4. The summed E-state index contributed by atoms with van der Waals surface area (Å²) < 4.78 is 5.40. The van der Waals surface area contributed by atoms with Crippen LogP contribution in [-0.2, 0) is 11.3 Å². The molecule has 1 fully saturated rings. The Morgan fingerprint density at radius 2 is 1.89 bits per heavy atom. The minimum absolute atomic E-state index is 0.154. The lowest BCUT2D eigenvalue weighted by Gasteiger charge is -2.38. The van der Waals surface area contributed by atoms with Crippen molar-refractivity contribution in [1.29, 1.82) is 0 Å². The molecule has 0 bridgehead atoms. The van der Waals surface area contributed by atoms with E-state index in [2.05, 4.69) is 48.8 Å². The maximum Gasteiger partial charge on any atom is 0.308 e. The first-order valence-corrected chi connectivity index (χ1v) is 12.5. The summed E-state index contributed by atoms with van der Waals surface area (Å²) in [7, 11) is 0. The number of esters is 1. The standard InChI is InChI=1S/C25H38N8O2/c1-15(2)32-24-22(33(16(3)4)31-30-24)23(29-25(32)28-20-12-10-19(26)11-13-20)27-14-18-8-6-7-9-21(18)35-17(5)34/h6-9,15-16,19-20,27,31H,10-14,26H2,1-5H3,(H,28,29). The molecular weight excluding hydrogens is 444 g/mol. The fraction of sp³-hybridized carbons (Fsp3) is 0.560. The molecule has 1 aliphatic carbocycles. The van der Waals surface area contributed by atoms with Crippen LogP contribution in [0.1, 0.15) is 65.9 Å². The number of ether oxygens (including phenoxy) is 1. The second-order valence-electron chi connectivity index (χ2n) is 9.91. The van der Waals surface area contributed by atoms with Crippen LogP contribution in [0.5, 0.6) is 5.75 Å². The van der Waals surface area contributed by atoms with E-state index < -0.39 is 0 Å². The van der Waals surface area contributed by atoms with Gasteiger partial charge in [-0.05, 0) is 59.4 Å². The number of hydrazine groups is 1. The third-order valence-electron chi connectivity index (χ3n) is 6.43. The van der Waals surface area contributed by atoms with E-state index in [1.807, 2.05) is 23.2 Å². The van der Waals surface area contributed by atoms with Gasteiger partial charge in [0, 0.05) is 43.2 Å². The molecule has 0 amide bonds. The lowest BCUT2D eigenvalue weighted by molar-refractivity contribution is -0.131. The van der Waals surface area contributed by atoms with E-state index in [-0.39, 0.29) is 24.1 Å². The van der Waals surface area contributed by atoms with Crippen LogP contribution in [0.3, 0.4) is 0 Å². The van der Waals surface area contributed by atoms with Crippen molar-refractivity contribution in [2.45, 2.75) is 91.0 Å². The number of hydrogen-bond acceptors (Lipinski definition) is 10. The molecule has 10 nitrogen and oxygen atoms in total. The molecule has 1 saturated carbocycles. The summed E-state index contributed by atoms with van der Waals surface area (Å²) in [5.74, 6) is 2.52. The van der Waals surface area contributed by atoms with Crippen molar-refractivity contribution in [3.8, 4) is 5.75 Å². The average molecular weight is 483 g/mol. The summed E-state index contributed by atoms with van der Waals surface area (Å²) in [5, 5.41) is 13.9. The predicted molar refractivity (Wildman–Crippen MR) is 137 cm³/mol. The number of benzene rings is 1. The molecule has 0 radical (unpaired) electrons. The van der Waals surface area contributed by atoms with Crippen molar-refractivity contribution in [3.63, 3.8) is 0 Å². The van der Waals surface area contributed by atoms with E-state index in [9.17, 15) is 4.79 Å². The van der Waals surface area contributed by atoms with Gasteiger partial charge in [0.1, 0.15) is 11.4 Å². The second kappa shape index (κ2) is 10.6. The highest BCUT2D eigenvalue weighted by Gasteiger charge is 2.39. The zero-order valence-corrected chi connectivity index (χ0v) is 21.3. The van der Waals surface area contributed by atoms with Crippen molar-refractivity contribution in [3.05, 3.63) is 41.3 Å². The molecule has 0 unspecified atom stereocenters. The Bertz CT molecular complexity index is 1020. The van der Waals surface area contributed by atoms with E-state index >= 15 is 0 Å². The molecule has 4 rings (SSSR count). The van der Waals surface area contributed by atoms with Gasteiger partial charge in [0.05, 0.1) is 0 Å². The van der Waals surface area contributed by atoms with Gasteiger partial charge < -0.3 is 21.1 Å². The third kappa shape index (κ3) is 5.53. The Labute approximate surface area is 207 Å². The Kier molecular flexibility index (Phi) is 7.49. The third-order valence-corrected chi connectivity index (χ3v) is 6.43. The molecule has 1 aromatic rings. The molecule has 3 aliphatic rings. The number of carbonyl (C=O) groups excluding carboxylic acids is 1. The van der Waals surface area contributed by atoms with E-state index in [1.165, 1.54) is 6.92 Å². The van der Waals surface area contributed by atoms with Crippen molar-refractivity contribution >= 4 is 17.8 Å². The van der Waals surface area contributed by atoms with Gasteiger partial charge >= 0.3 is 5.97 Å². The fourth-order valence-electron chi connectivity index (χ4n) is 4.63. The highest BCUT2D eigenvalue weighted by atomic mass is 16.5. The highest BCUT2D eigenvalue weighted by Crippen LogP contribution is 2.28. The number of rotatable bonds is 7. The maximum absolute atomic E-state index is 11.6. The predicted octanol–water partition coefficient (Wildman–Crippen LogP) is 2.35. The minimum Gasteiger partial charge on any atom is -0.426 e. The van der Waals surface area contributed by atoms with Crippen LogP contribution in [0, 0.1) is 0 Å². The van der Waals surface area contributed by atoms with Gasteiger partial charge in [-0.3, -0.25) is 14.7 Å². The number of nitrogens with one attached hydrogen (secondary N) is 3. The van der Waals surface area contributed by atoms with Crippen LogP contribution in [0.15, 0.2) is 45.9 Å². The number of aliphatic imine (C=N–C) groups is 1. The zero-order valence-electron chi connectivity index (χ0n) is 21.3. The van der Waals surface area contributed by atoms with Crippen molar-refractivity contribution in [2.24, 2.45) is 15.8 Å². The van der Waals surface area contributed by atoms with Gasteiger partial charge in [-0.1, -0.05) is 18.2 Å². The Hall–Kier alpha value is -3.27. The number of fused-ring (bicyclic) bond motifs is 1. The average Bonchev–Trinajstić information content (AvgIpc) is 3.24. The topological polar surface area (TPSA) is 120 Å². The number of guanidine groups is 1. The van der Waals surface area contributed by atoms with Crippen LogP contribution < -0.4 is 26.6 Å². The first kappa shape index (κ1) is 24.8. The number of carbonyl (C=O) groups is 1. The Morgan fingerprint density at radius 1 is 1.17 bits per heavy atom. The monoisotopic (exact) mass is 482 g/mol. The van der Waals surface area contributed by atoms with Gasteiger partial charge in [0.15, 0.2) is 11.7 Å². The zero-order chi connectivity index (χ0) is 25.1. The molecule has 35 heavy (non-hydrogen) atoms. The minimum atomic E-state index is -0.346. The van der Waals surface area contributed by atoms with Crippen molar-refractivity contribution in [1.82, 2.24) is 26.1 Å². The molecular formula is C25H38N8O2. The van der Waals surface area contributed by atoms with Crippen molar-refractivity contribution < 1.29 is 9.53 Å². The first-order valence-electron chi connectivity index (χ1n) is 12.5. The summed E-state index contributed by atoms with van der Waals surface area (Å²) in [6, 6.07) is 8.44. The molecule has 10 heteroatoms. The maximum atomic E-state index is 11.6. The highest BCUT2D eigenvalue weighted by molar-refractivity contribution is 6.11. The van der Waals surface area contributed by atoms with E-state index in [1.54, 1.807) is 6.07 Å². The van der Waals surface area contributed by atoms with E-state index in [0.29, 0.717) is 24.2 Å². The largest absolute Gasteiger partial charge is 0.426 e. The van der Waals surface area contributed by atoms with E-state index in [4.69, 9.17) is 20.6 Å². The molecule has 0 saturated heterocycles. The van der Waals surface area contributed by atoms with Gasteiger partial charge in [-0.15, -0.1) is 5.10 Å². The van der Waals surface area contributed by atoms with E-state index in [0.717, 1.165) is 48.7 Å². The van der Waals surface area contributed by atoms with Crippen LogP contribution in [0.25, 0.3) is 0 Å². The summed E-state index contributed by atoms with van der Waals surface area (Å²) >= 11 is 0. The number of para-hydroxylation sites is 1. The van der Waals surface area contributed by atoms with Crippen LogP contribution in [0.4, 0.5) is 0 Å². The second-order valence-corrected chi connectivity index (χ2v) is 9.91. The van der Waals surface area contributed by atoms with Crippen molar-refractivity contribution in [2.75, 3.05) is 0 Å². The molecule has 1 aromatic carbocycles. The molecule has 2 heterocycles. The number of amidine groups is 1. The molecule has 190 valence electrons. The molecule has 2 aliphatic heterocycles. The first-order chi connectivity index (χ1) is 16.7. The van der Waals surface area contributed by atoms with Gasteiger partial charge in [-0.25, -0.2) is 5.53 Å². The quantitative estimate of drug-likeness (QED) is 0.345. The van der Waals surface area contributed by atoms with Gasteiger partial charge in [0.25, 0.3) is 0 Å². The lowest BCUT2D eigenvalue weighted by Crippen LogP contribution is -2.55. The normalized spacial score (nSPS) is 22.1. The smallest absolute Gasteiger partial charge is 0.308 e. The molecule has 0 aromatic heterocycles. The number of hydrazone groups is 1.